The fraction of sp³-hybridized carbons (Fsp3) is 0.375. The minimum Gasteiger partial charge on any atom is -0.493 e. The molecule has 0 saturated carbocycles. The number of carbonyl (C=O) groups is 1. The maximum atomic E-state index is 11.0. The monoisotopic (exact) mass is 422 g/mol. The molecule has 2 N–H and O–H groups in total. The first kappa shape index (κ1) is 22.3. The molecule has 0 aliphatic heterocycles. The molecule has 31 heavy (non-hydrogen) atoms. The van der Waals surface area contributed by atoms with Crippen LogP contribution in [0.25, 0.3) is 22.2 Å². The zero-order chi connectivity index (χ0) is 22.2. The van der Waals surface area contributed by atoms with E-state index in [0.29, 0.717) is 18.0 Å². The van der Waals surface area contributed by atoms with E-state index in [4.69, 9.17) is 14.5 Å². The zero-order valence-corrected chi connectivity index (χ0v) is 18.5. The second kappa shape index (κ2) is 10.6. The van der Waals surface area contributed by atoms with Crippen LogP contribution in [0, 0.1) is 5.92 Å². The van der Waals surface area contributed by atoms with Gasteiger partial charge in [0.1, 0.15) is 5.82 Å². The molecule has 7 heteroatoms. The summed E-state index contributed by atoms with van der Waals surface area (Å²) in [6.45, 7) is 4.91. The fourth-order valence-electron chi connectivity index (χ4n) is 3.83. The van der Waals surface area contributed by atoms with E-state index in [-0.39, 0.29) is 12.0 Å². The predicted molar refractivity (Wildman–Crippen MR) is 124 cm³/mol. The molecule has 0 aliphatic carbocycles. The summed E-state index contributed by atoms with van der Waals surface area (Å²) in [4.78, 5) is 20.4. The van der Waals surface area contributed by atoms with Gasteiger partial charge in [0.25, 0.3) is 0 Å². The number of aromatic nitrogens is 2. The first-order valence-electron chi connectivity index (χ1n) is 10.6. The first-order valence-corrected chi connectivity index (χ1v) is 10.6. The molecule has 3 aromatic rings. The van der Waals surface area contributed by atoms with Gasteiger partial charge in [0.2, 0.25) is 6.41 Å². The Morgan fingerprint density at radius 3 is 2.55 bits per heavy atom. The molecule has 1 amide bonds. The number of fused-ring (bicyclic) bond motifs is 1. The maximum absolute atomic E-state index is 11.0. The van der Waals surface area contributed by atoms with Crippen molar-refractivity contribution in [2.75, 3.05) is 26.1 Å². The number of methoxy groups -OCH3 is 2. The molecular formula is C24H30N4O3. The average Bonchev–Trinajstić information content (AvgIpc) is 2.82. The number of amides is 1. The lowest BCUT2D eigenvalue weighted by molar-refractivity contribution is -0.110. The van der Waals surface area contributed by atoms with Crippen LogP contribution in [0.5, 0.6) is 11.5 Å². The van der Waals surface area contributed by atoms with E-state index in [2.05, 4.69) is 29.5 Å². The summed E-state index contributed by atoms with van der Waals surface area (Å²) in [5, 5.41) is 7.41. The quantitative estimate of drug-likeness (QED) is 0.449. The molecule has 0 spiro atoms. The van der Waals surface area contributed by atoms with Gasteiger partial charge in [0.15, 0.2) is 11.5 Å². The topological polar surface area (TPSA) is 85.4 Å². The van der Waals surface area contributed by atoms with Gasteiger partial charge in [-0.25, -0.2) is 4.98 Å². The van der Waals surface area contributed by atoms with E-state index in [9.17, 15) is 4.79 Å². The van der Waals surface area contributed by atoms with Gasteiger partial charge in [-0.05, 0) is 55.2 Å². The summed E-state index contributed by atoms with van der Waals surface area (Å²) >= 11 is 0. The number of pyridine rings is 2. The highest BCUT2D eigenvalue weighted by atomic mass is 16.5. The number of ether oxygens (including phenoxy) is 2. The van der Waals surface area contributed by atoms with E-state index in [1.165, 1.54) is 0 Å². The average molecular weight is 423 g/mol. The summed E-state index contributed by atoms with van der Waals surface area (Å²) in [6.07, 6.45) is 4.38. The summed E-state index contributed by atoms with van der Waals surface area (Å²) < 4.78 is 10.8. The van der Waals surface area contributed by atoms with Crippen LogP contribution in [0.4, 0.5) is 5.82 Å². The molecule has 7 nitrogen and oxygen atoms in total. The molecule has 0 bridgehead atoms. The van der Waals surface area contributed by atoms with Crippen LogP contribution >= 0.6 is 0 Å². The number of anilines is 1. The van der Waals surface area contributed by atoms with Gasteiger partial charge in [-0.1, -0.05) is 13.8 Å². The Balaban J connectivity index is 1.97. The molecule has 1 aromatic carbocycles. The van der Waals surface area contributed by atoms with E-state index < -0.39 is 0 Å². The fourth-order valence-corrected chi connectivity index (χ4v) is 3.83. The molecule has 164 valence electrons. The lowest BCUT2D eigenvalue weighted by atomic mass is 9.95. The highest BCUT2D eigenvalue weighted by Crippen LogP contribution is 2.33. The van der Waals surface area contributed by atoms with Gasteiger partial charge < -0.3 is 20.1 Å². The van der Waals surface area contributed by atoms with E-state index in [1.54, 1.807) is 20.4 Å². The van der Waals surface area contributed by atoms with Crippen molar-refractivity contribution < 1.29 is 14.3 Å². The van der Waals surface area contributed by atoms with Gasteiger partial charge >= 0.3 is 0 Å². The summed E-state index contributed by atoms with van der Waals surface area (Å²) in [5.41, 5.74) is 2.56. The third-order valence-corrected chi connectivity index (χ3v) is 5.63. The second-order valence-corrected chi connectivity index (χ2v) is 7.34. The van der Waals surface area contributed by atoms with E-state index in [0.717, 1.165) is 47.2 Å². The molecule has 3 rings (SSSR count). The van der Waals surface area contributed by atoms with Crippen molar-refractivity contribution in [1.82, 2.24) is 15.3 Å². The molecule has 0 aliphatic rings. The second-order valence-electron chi connectivity index (χ2n) is 7.34. The van der Waals surface area contributed by atoms with Crippen LogP contribution in [0.2, 0.25) is 0 Å². The Kier molecular flexibility index (Phi) is 7.65. The SMILES string of the molecule is CC[C@H](CNc1nc(-c2ccc(OC)c(OC)c2)cc2ncccc12)[C@@H](CC)NC=O. The van der Waals surface area contributed by atoms with Gasteiger partial charge in [-0.15, -0.1) is 0 Å². The smallest absolute Gasteiger partial charge is 0.207 e. The van der Waals surface area contributed by atoms with Gasteiger partial charge in [-0.2, -0.15) is 0 Å². The van der Waals surface area contributed by atoms with Crippen molar-refractivity contribution >= 4 is 23.1 Å². The van der Waals surface area contributed by atoms with Crippen LogP contribution in [-0.4, -0.2) is 43.2 Å². The van der Waals surface area contributed by atoms with E-state index >= 15 is 0 Å². The zero-order valence-electron chi connectivity index (χ0n) is 18.5. The highest BCUT2D eigenvalue weighted by Gasteiger charge is 2.19. The summed E-state index contributed by atoms with van der Waals surface area (Å²) in [6, 6.07) is 11.8. The Labute approximate surface area is 183 Å². The Morgan fingerprint density at radius 1 is 1.06 bits per heavy atom. The maximum Gasteiger partial charge on any atom is 0.207 e. The third-order valence-electron chi connectivity index (χ3n) is 5.63. The summed E-state index contributed by atoms with van der Waals surface area (Å²) in [5.74, 6) is 2.38. The molecule has 0 unspecified atom stereocenters. The van der Waals surface area contributed by atoms with Gasteiger partial charge in [0.05, 0.1) is 25.4 Å². The highest BCUT2D eigenvalue weighted by molar-refractivity contribution is 5.92. The number of nitrogens with one attached hydrogen (secondary N) is 2. The number of benzene rings is 1. The van der Waals surface area contributed by atoms with Crippen molar-refractivity contribution in [2.24, 2.45) is 5.92 Å². The van der Waals surface area contributed by atoms with Crippen molar-refractivity contribution in [3.63, 3.8) is 0 Å². The Bertz CT molecular complexity index is 1020. The lowest BCUT2D eigenvalue weighted by Crippen LogP contribution is -2.38. The molecule has 0 saturated heterocycles. The minimum absolute atomic E-state index is 0.119. The van der Waals surface area contributed by atoms with Crippen LogP contribution in [-0.2, 0) is 4.79 Å². The molecule has 2 heterocycles. The molecule has 2 aromatic heterocycles. The molecule has 0 fully saturated rings. The first-order chi connectivity index (χ1) is 15.1. The van der Waals surface area contributed by atoms with E-state index in [1.807, 2.05) is 36.4 Å². The number of hydrogen-bond donors (Lipinski definition) is 2. The van der Waals surface area contributed by atoms with Crippen LogP contribution in [0.1, 0.15) is 26.7 Å². The Morgan fingerprint density at radius 2 is 1.87 bits per heavy atom. The van der Waals surface area contributed by atoms with Crippen LogP contribution < -0.4 is 20.1 Å². The number of carbonyl (C=O) groups excluding carboxylic acids is 1. The van der Waals surface area contributed by atoms with Crippen LogP contribution in [0.15, 0.2) is 42.6 Å². The third kappa shape index (κ3) is 5.05. The molecule has 2 atom stereocenters. The number of nitrogens with zero attached hydrogens (tertiary/aromatic N) is 2. The van der Waals surface area contributed by atoms with Gasteiger partial charge in [0, 0.05) is 29.7 Å². The molecular weight excluding hydrogens is 392 g/mol. The van der Waals surface area contributed by atoms with Crippen molar-refractivity contribution in [3.8, 4) is 22.8 Å². The number of hydrogen-bond acceptors (Lipinski definition) is 6. The predicted octanol–water partition coefficient (Wildman–Crippen LogP) is 4.28. The van der Waals surface area contributed by atoms with Crippen molar-refractivity contribution in [2.45, 2.75) is 32.7 Å². The lowest BCUT2D eigenvalue weighted by Gasteiger charge is -2.25. The van der Waals surface area contributed by atoms with Crippen LogP contribution in [0.3, 0.4) is 0 Å². The molecule has 0 radical (unpaired) electrons. The Hall–Kier alpha value is -3.35. The van der Waals surface area contributed by atoms with Crippen molar-refractivity contribution in [1.29, 1.82) is 0 Å². The number of rotatable bonds is 11. The largest absolute Gasteiger partial charge is 0.493 e. The van der Waals surface area contributed by atoms with Crippen molar-refractivity contribution in [3.05, 3.63) is 42.6 Å². The summed E-state index contributed by atoms with van der Waals surface area (Å²) in [7, 11) is 3.23. The van der Waals surface area contributed by atoms with Gasteiger partial charge in [-0.3, -0.25) is 9.78 Å². The minimum atomic E-state index is 0.119. The standard InChI is InChI=1S/C24H30N4O3/c1-5-16(19(6-2)27-15-29)14-26-24-18-8-7-11-25-21(18)13-20(28-24)17-9-10-22(30-3)23(12-17)31-4/h7-13,15-16,19H,5-6,14H2,1-4H3,(H,26,28)(H,27,29)/t16-,19-/m1/s1. The normalized spacial score (nSPS) is 12.8.